The molecule has 0 aliphatic rings. The molecule has 1 rings (SSSR count). The van der Waals surface area contributed by atoms with Gasteiger partial charge in [-0.1, -0.05) is 0 Å². The SMILES string of the molecule is COC(=O)C(C)(C)CNCc1occc1C(=O)O. The van der Waals surface area contributed by atoms with Gasteiger partial charge < -0.3 is 19.6 Å². The Morgan fingerprint density at radius 2 is 2.17 bits per heavy atom. The van der Waals surface area contributed by atoms with Gasteiger partial charge >= 0.3 is 11.9 Å². The molecule has 0 amide bonds. The zero-order valence-electron chi connectivity index (χ0n) is 10.6. The number of esters is 1. The lowest BCUT2D eigenvalue weighted by Crippen LogP contribution is -2.36. The fourth-order valence-electron chi connectivity index (χ4n) is 1.51. The molecule has 1 aromatic heterocycles. The van der Waals surface area contributed by atoms with Crippen molar-refractivity contribution in [3.8, 4) is 0 Å². The molecule has 0 atom stereocenters. The number of nitrogens with one attached hydrogen (secondary N) is 1. The van der Waals surface area contributed by atoms with Gasteiger partial charge in [-0.25, -0.2) is 4.79 Å². The summed E-state index contributed by atoms with van der Waals surface area (Å²) >= 11 is 0. The highest BCUT2D eigenvalue weighted by molar-refractivity contribution is 5.88. The minimum atomic E-state index is -1.03. The van der Waals surface area contributed by atoms with Gasteiger partial charge in [-0.2, -0.15) is 0 Å². The summed E-state index contributed by atoms with van der Waals surface area (Å²) in [6.45, 7) is 4.09. The van der Waals surface area contributed by atoms with E-state index in [1.165, 1.54) is 19.4 Å². The number of hydrogen-bond acceptors (Lipinski definition) is 5. The Kier molecular flexibility index (Phi) is 4.49. The van der Waals surface area contributed by atoms with Crippen LogP contribution in [0.3, 0.4) is 0 Å². The third kappa shape index (κ3) is 3.33. The van der Waals surface area contributed by atoms with E-state index in [9.17, 15) is 9.59 Å². The first kappa shape index (κ1) is 14.2. The van der Waals surface area contributed by atoms with Gasteiger partial charge in [0.05, 0.1) is 25.3 Å². The van der Waals surface area contributed by atoms with E-state index in [1.54, 1.807) is 13.8 Å². The van der Waals surface area contributed by atoms with Gasteiger partial charge in [-0.05, 0) is 19.9 Å². The highest BCUT2D eigenvalue weighted by Crippen LogP contribution is 2.16. The number of carbonyl (C=O) groups is 2. The van der Waals surface area contributed by atoms with Crippen molar-refractivity contribution in [1.29, 1.82) is 0 Å². The van der Waals surface area contributed by atoms with E-state index in [1.807, 2.05) is 0 Å². The van der Waals surface area contributed by atoms with Crippen LogP contribution in [0.15, 0.2) is 16.7 Å². The molecule has 1 heterocycles. The van der Waals surface area contributed by atoms with Crippen molar-refractivity contribution in [3.63, 3.8) is 0 Å². The van der Waals surface area contributed by atoms with Gasteiger partial charge in [0.25, 0.3) is 0 Å². The second-order valence-electron chi connectivity index (χ2n) is 4.54. The Balaban J connectivity index is 2.54. The first-order chi connectivity index (χ1) is 8.38. The zero-order chi connectivity index (χ0) is 13.8. The van der Waals surface area contributed by atoms with Crippen LogP contribution in [-0.4, -0.2) is 30.7 Å². The number of furan rings is 1. The predicted molar refractivity (Wildman–Crippen MR) is 63.2 cm³/mol. The number of aromatic carboxylic acids is 1. The first-order valence-electron chi connectivity index (χ1n) is 5.47. The smallest absolute Gasteiger partial charge is 0.339 e. The van der Waals surface area contributed by atoms with Crippen molar-refractivity contribution in [1.82, 2.24) is 5.32 Å². The second-order valence-corrected chi connectivity index (χ2v) is 4.54. The maximum Gasteiger partial charge on any atom is 0.339 e. The van der Waals surface area contributed by atoms with E-state index < -0.39 is 11.4 Å². The van der Waals surface area contributed by atoms with Crippen molar-refractivity contribution in [2.24, 2.45) is 5.41 Å². The van der Waals surface area contributed by atoms with Crippen LogP contribution in [0.4, 0.5) is 0 Å². The average molecular weight is 255 g/mol. The Labute approximate surface area is 105 Å². The molecule has 0 aromatic carbocycles. The molecule has 6 heteroatoms. The fraction of sp³-hybridized carbons (Fsp3) is 0.500. The largest absolute Gasteiger partial charge is 0.478 e. The summed E-state index contributed by atoms with van der Waals surface area (Å²) in [7, 11) is 1.33. The minimum Gasteiger partial charge on any atom is -0.478 e. The highest BCUT2D eigenvalue weighted by Gasteiger charge is 2.28. The molecule has 1 aromatic rings. The molecule has 18 heavy (non-hydrogen) atoms. The van der Waals surface area contributed by atoms with Crippen LogP contribution < -0.4 is 5.32 Å². The van der Waals surface area contributed by atoms with Crippen LogP contribution >= 0.6 is 0 Å². The monoisotopic (exact) mass is 255 g/mol. The lowest BCUT2D eigenvalue weighted by atomic mass is 9.94. The quantitative estimate of drug-likeness (QED) is 0.744. The molecule has 0 aliphatic heterocycles. The van der Waals surface area contributed by atoms with Gasteiger partial charge in [0.2, 0.25) is 0 Å². The van der Waals surface area contributed by atoms with Gasteiger partial charge in [-0.3, -0.25) is 4.79 Å². The molecular formula is C12H17NO5. The lowest BCUT2D eigenvalue weighted by molar-refractivity contribution is -0.150. The molecule has 0 unspecified atom stereocenters. The molecule has 0 saturated carbocycles. The van der Waals surface area contributed by atoms with Gasteiger partial charge in [-0.15, -0.1) is 0 Å². The number of rotatable bonds is 6. The minimum absolute atomic E-state index is 0.123. The molecule has 0 saturated heterocycles. The summed E-state index contributed by atoms with van der Waals surface area (Å²) in [5, 5.41) is 11.9. The van der Waals surface area contributed by atoms with Crippen LogP contribution in [0, 0.1) is 5.41 Å². The van der Waals surface area contributed by atoms with Crippen LogP contribution in [0.25, 0.3) is 0 Å². The number of hydrogen-bond donors (Lipinski definition) is 2. The van der Waals surface area contributed by atoms with Crippen LogP contribution in [0.5, 0.6) is 0 Å². The molecule has 2 N–H and O–H groups in total. The molecule has 0 bridgehead atoms. The molecule has 0 radical (unpaired) electrons. The third-order valence-corrected chi connectivity index (χ3v) is 2.57. The summed E-state index contributed by atoms with van der Waals surface area (Å²) in [5.74, 6) is -1.02. The maximum absolute atomic E-state index is 11.4. The number of carboxylic acid groups (broad SMARTS) is 1. The molecule has 0 fully saturated rings. The van der Waals surface area contributed by atoms with E-state index >= 15 is 0 Å². The van der Waals surface area contributed by atoms with E-state index in [-0.39, 0.29) is 18.1 Å². The van der Waals surface area contributed by atoms with Crippen molar-refractivity contribution < 1.29 is 23.8 Å². The molecule has 100 valence electrons. The Bertz CT molecular complexity index is 435. The Morgan fingerprint density at radius 1 is 1.50 bits per heavy atom. The van der Waals surface area contributed by atoms with Crippen LogP contribution in [-0.2, 0) is 16.1 Å². The molecular weight excluding hydrogens is 238 g/mol. The average Bonchev–Trinajstić information content (AvgIpc) is 2.76. The van der Waals surface area contributed by atoms with Gasteiger partial charge in [0.15, 0.2) is 0 Å². The van der Waals surface area contributed by atoms with Crippen LogP contribution in [0.2, 0.25) is 0 Å². The summed E-state index contributed by atoms with van der Waals surface area (Å²) in [6.07, 6.45) is 1.33. The van der Waals surface area contributed by atoms with E-state index in [4.69, 9.17) is 9.52 Å². The summed E-state index contributed by atoms with van der Waals surface area (Å²) in [6, 6.07) is 1.39. The van der Waals surface area contributed by atoms with Crippen LogP contribution in [0.1, 0.15) is 30.0 Å². The summed E-state index contributed by atoms with van der Waals surface area (Å²) in [5.41, 5.74) is -0.552. The first-order valence-corrected chi connectivity index (χ1v) is 5.47. The molecule has 6 nitrogen and oxygen atoms in total. The number of methoxy groups -OCH3 is 1. The number of carboxylic acids is 1. The van der Waals surface area contributed by atoms with Gasteiger partial charge in [0, 0.05) is 6.54 Å². The van der Waals surface area contributed by atoms with Crippen molar-refractivity contribution >= 4 is 11.9 Å². The fourth-order valence-corrected chi connectivity index (χ4v) is 1.51. The third-order valence-electron chi connectivity index (χ3n) is 2.57. The van der Waals surface area contributed by atoms with E-state index in [0.29, 0.717) is 12.3 Å². The zero-order valence-corrected chi connectivity index (χ0v) is 10.6. The summed E-state index contributed by atoms with van der Waals surface area (Å²) < 4.78 is 9.74. The normalized spacial score (nSPS) is 11.3. The molecule has 0 aliphatic carbocycles. The summed E-state index contributed by atoms with van der Waals surface area (Å²) in [4.78, 5) is 22.3. The number of carbonyl (C=O) groups excluding carboxylic acids is 1. The highest BCUT2D eigenvalue weighted by atomic mass is 16.5. The standard InChI is InChI=1S/C12H17NO5/c1-12(2,11(16)17-3)7-13-6-9-8(10(14)15)4-5-18-9/h4-5,13H,6-7H2,1-3H3,(H,14,15). The van der Waals surface area contributed by atoms with E-state index in [0.717, 1.165) is 0 Å². The van der Waals surface area contributed by atoms with Crippen molar-refractivity contribution in [2.45, 2.75) is 20.4 Å². The number of ether oxygens (including phenoxy) is 1. The van der Waals surface area contributed by atoms with Crippen molar-refractivity contribution in [3.05, 3.63) is 23.7 Å². The van der Waals surface area contributed by atoms with Gasteiger partial charge in [0.1, 0.15) is 11.3 Å². The Morgan fingerprint density at radius 3 is 2.72 bits per heavy atom. The topological polar surface area (TPSA) is 88.8 Å². The predicted octanol–water partition coefficient (Wildman–Crippen LogP) is 1.27. The maximum atomic E-state index is 11.4. The van der Waals surface area contributed by atoms with Crippen molar-refractivity contribution in [2.75, 3.05) is 13.7 Å². The Hall–Kier alpha value is -1.82. The molecule has 0 spiro atoms. The second kappa shape index (κ2) is 5.68. The van der Waals surface area contributed by atoms with E-state index in [2.05, 4.69) is 10.1 Å². The lowest BCUT2D eigenvalue weighted by Gasteiger charge is -2.21.